The van der Waals surface area contributed by atoms with Gasteiger partial charge in [-0.2, -0.15) is 0 Å². The zero-order chi connectivity index (χ0) is 20.1. The van der Waals surface area contributed by atoms with Crippen LogP contribution in [0.15, 0.2) is 65.8 Å². The molecule has 0 atom stereocenters. The summed E-state index contributed by atoms with van der Waals surface area (Å²) in [7, 11) is 0. The smallest absolute Gasteiger partial charge is 0.163 e. The molecule has 1 aromatic carbocycles. The lowest BCUT2D eigenvalue weighted by Crippen LogP contribution is -2.08. The number of carbonyl (C=O) groups excluding carboxylic acids is 1. The molecule has 1 aromatic rings. The molecule has 0 heterocycles. The summed E-state index contributed by atoms with van der Waals surface area (Å²) < 4.78 is 6.08. The molecule has 2 heteroatoms. The second-order valence-corrected chi connectivity index (χ2v) is 7.59. The molecule has 0 N–H and O–H groups in total. The number of ether oxygens (including phenoxy) is 1. The minimum Gasteiger partial charge on any atom is -0.488 e. The first-order valence-corrected chi connectivity index (χ1v) is 9.34. The van der Waals surface area contributed by atoms with Crippen LogP contribution < -0.4 is 4.74 Å². The summed E-state index contributed by atoms with van der Waals surface area (Å²) in [6.45, 7) is 18.2. The van der Waals surface area contributed by atoms with E-state index in [9.17, 15) is 4.79 Å². The highest BCUT2D eigenvalue weighted by molar-refractivity contribution is 6.00. The van der Waals surface area contributed by atoms with Crippen LogP contribution in [0.1, 0.15) is 62.5 Å². The van der Waals surface area contributed by atoms with Gasteiger partial charge < -0.3 is 4.74 Å². The van der Waals surface area contributed by atoms with Gasteiger partial charge in [-0.25, -0.2) is 0 Å². The number of ketones is 1. The Kier molecular flexibility index (Phi) is 6.79. The number of carbonyl (C=O) groups is 1. The van der Waals surface area contributed by atoms with Crippen LogP contribution in [0.3, 0.4) is 0 Å². The van der Waals surface area contributed by atoms with E-state index in [1.165, 1.54) is 11.1 Å². The predicted molar refractivity (Wildman–Crippen MR) is 115 cm³/mol. The fourth-order valence-corrected chi connectivity index (χ4v) is 3.21. The van der Waals surface area contributed by atoms with Crippen molar-refractivity contribution in [3.63, 3.8) is 0 Å². The molecule has 2 nitrogen and oxygen atoms in total. The topological polar surface area (TPSA) is 26.3 Å². The summed E-state index contributed by atoms with van der Waals surface area (Å²) in [5.74, 6) is 0.688. The normalized spacial score (nSPS) is 12.9. The molecule has 1 aliphatic rings. The predicted octanol–water partition coefficient (Wildman–Crippen LogP) is 6.64. The number of hydrogen-bond acceptors (Lipinski definition) is 2. The Morgan fingerprint density at radius 1 is 1.11 bits per heavy atom. The lowest BCUT2D eigenvalue weighted by Gasteiger charge is -2.16. The van der Waals surface area contributed by atoms with Gasteiger partial charge in [0, 0.05) is 0 Å². The van der Waals surface area contributed by atoms with Crippen LogP contribution in [0.4, 0.5) is 0 Å². The van der Waals surface area contributed by atoms with E-state index < -0.39 is 0 Å². The van der Waals surface area contributed by atoms with Crippen molar-refractivity contribution in [2.24, 2.45) is 0 Å². The Morgan fingerprint density at radius 3 is 2.37 bits per heavy atom. The molecule has 0 bridgehead atoms. The number of Topliss-reactive ketones (excluding diaryl/α,β-unsaturated/α-hetero) is 1. The van der Waals surface area contributed by atoms with Crippen LogP contribution >= 0.6 is 0 Å². The van der Waals surface area contributed by atoms with Crippen molar-refractivity contribution < 1.29 is 9.53 Å². The van der Waals surface area contributed by atoms with Gasteiger partial charge in [-0.15, -0.1) is 0 Å². The molecule has 142 valence electrons. The average Bonchev–Trinajstić information content (AvgIpc) is 2.95. The minimum absolute atomic E-state index is 0.0389. The van der Waals surface area contributed by atoms with E-state index >= 15 is 0 Å². The first-order valence-electron chi connectivity index (χ1n) is 9.34. The van der Waals surface area contributed by atoms with Crippen LogP contribution in [0.5, 0.6) is 5.75 Å². The molecular weight excluding hydrogens is 332 g/mol. The van der Waals surface area contributed by atoms with Crippen molar-refractivity contribution in [1.29, 1.82) is 0 Å². The van der Waals surface area contributed by atoms with E-state index in [4.69, 9.17) is 4.74 Å². The number of allylic oxidation sites excluding steroid dienone is 6. The molecule has 0 fully saturated rings. The van der Waals surface area contributed by atoms with Crippen molar-refractivity contribution in [2.75, 3.05) is 6.61 Å². The van der Waals surface area contributed by atoms with Crippen LogP contribution in [-0.2, 0) is 6.42 Å². The lowest BCUT2D eigenvalue weighted by molar-refractivity contribution is 0.101. The van der Waals surface area contributed by atoms with Gasteiger partial charge in [0.2, 0.25) is 0 Å². The maximum Gasteiger partial charge on any atom is 0.163 e. The second-order valence-electron chi connectivity index (χ2n) is 7.59. The molecule has 2 rings (SSSR count). The van der Waals surface area contributed by atoms with Crippen molar-refractivity contribution in [3.8, 4) is 5.75 Å². The maximum atomic E-state index is 12.4. The van der Waals surface area contributed by atoms with Crippen LogP contribution in [0.25, 0.3) is 5.57 Å². The van der Waals surface area contributed by atoms with Gasteiger partial charge in [-0.1, -0.05) is 54.2 Å². The molecule has 0 unspecified atom stereocenters. The van der Waals surface area contributed by atoms with Crippen molar-refractivity contribution in [2.45, 2.75) is 47.5 Å². The van der Waals surface area contributed by atoms with E-state index in [2.05, 4.69) is 45.2 Å². The van der Waals surface area contributed by atoms with Crippen molar-refractivity contribution in [1.82, 2.24) is 0 Å². The van der Waals surface area contributed by atoms with Crippen LogP contribution in [0, 0.1) is 0 Å². The number of rotatable bonds is 8. The standard InChI is InChI=1S/C25H30O2/c1-16(2)8-9-21(18(5)6)15-27-24-13-12-22-20(14-17(3)4)10-11-23(22)25(24)19(7)26/h8-10,12-13H,3,5,11,14-15H2,1-2,4,6-7H3/b21-9-. The van der Waals surface area contributed by atoms with Gasteiger partial charge in [0.15, 0.2) is 5.78 Å². The molecular formula is C25H30O2. The van der Waals surface area contributed by atoms with E-state index in [1.807, 2.05) is 26.0 Å². The van der Waals surface area contributed by atoms with Gasteiger partial charge in [0.1, 0.15) is 12.4 Å². The van der Waals surface area contributed by atoms with Crippen LogP contribution in [-0.4, -0.2) is 12.4 Å². The van der Waals surface area contributed by atoms with Gasteiger partial charge in [0.05, 0.1) is 5.56 Å². The summed E-state index contributed by atoms with van der Waals surface area (Å²) in [6.07, 6.45) is 7.89. The van der Waals surface area contributed by atoms with Gasteiger partial charge in [-0.05, 0) is 75.8 Å². The second kappa shape index (κ2) is 8.85. The summed E-state index contributed by atoms with van der Waals surface area (Å²) in [4.78, 5) is 12.4. The van der Waals surface area contributed by atoms with E-state index in [0.29, 0.717) is 17.9 Å². The van der Waals surface area contributed by atoms with E-state index in [0.717, 1.165) is 40.7 Å². The third kappa shape index (κ3) is 5.19. The molecule has 0 aromatic heterocycles. The first kappa shape index (κ1) is 20.7. The van der Waals surface area contributed by atoms with Crippen molar-refractivity contribution in [3.05, 3.63) is 82.5 Å². The number of hydrogen-bond donors (Lipinski definition) is 0. The Hall–Kier alpha value is -2.61. The Morgan fingerprint density at radius 2 is 1.81 bits per heavy atom. The number of fused-ring (bicyclic) bond motifs is 1. The highest BCUT2D eigenvalue weighted by Crippen LogP contribution is 2.37. The lowest BCUT2D eigenvalue weighted by atomic mass is 9.95. The average molecular weight is 363 g/mol. The summed E-state index contributed by atoms with van der Waals surface area (Å²) in [5, 5.41) is 0. The zero-order valence-electron chi connectivity index (χ0n) is 17.2. The third-order valence-corrected chi connectivity index (χ3v) is 4.57. The van der Waals surface area contributed by atoms with Crippen LogP contribution in [0.2, 0.25) is 0 Å². The molecule has 1 aliphatic carbocycles. The van der Waals surface area contributed by atoms with Gasteiger partial charge >= 0.3 is 0 Å². The molecule has 0 spiro atoms. The quantitative estimate of drug-likeness (QED) is 0.294. The molecule has 0 saturated carbocycles. The molecule has 0 saturated heterocycles. The Labute approximate surface area is 163 Å². The van der Waals surface area contributed by atoms with E-state index in [1.54, 1.807) is 6.92 Å². The third-order valence-electron chi connectivity index (χ3n) is 4.57. The Balaban J connectivity index is 2.33. The molecule has 27 heavy (non-hydrogen) atoms. The molecule has 0 radical (unpaired) electrons. The largest absolute Gasteiger partial charge is 0.488 e. The van der Waals surface area contributed by atoms with Gasteiger partial charge in [0.25, 0.3) is 0 Å². The van der Waals surface area contributed by atoms with Gasteiger partial charge in [-0.3, -0.25) is 4.79 Å². The number of benzene rings is 1. The minimum atomic E-state index is 0.0389. The van der Waals surface area contributed by atoms with E-state index in [-0.39, 0.29) is 5.78 Å². The fourth-order valence-electron chi connectivity index (χ4n) is 3.21. The summed E-state index contributed by atoms with van der Waals surface area (Å²) in [5.41, 5.74) is 8.48. The molecule has 0 aliphatic heterocycles. The Bertz CT molecular complexity index is 872. The summed E-state index contributed by atoms with van der Waals surface area (Å²) in [6, 6.07) is 3.99. The highest BCUT2D eigenvalue weighted by Gasteiger charge is 2.23. The van der Waals surface area contributed by atoms with Crippen molar-refractivity contribution >= 4 is 11.4 Å². The maximum absolute atomic E-state index is 12.4. The zero-order valence-corrected chi connectivity index (χ0v) is 17.2. The first-order chi connectivity index (χ1) is 12.7. The fraction of sp³-hybridized carbons (Fsp3) is 0.320. The SMILES string of the molecule is C=C(C)CC1=CCc2c1ccc(OC/C(=C/C=C(C)C)C(=C)C)c2C(C)=O. The highest BCUT2D eigenvalue weighted by atomic mass is 16.5. The molecule has 0 amide bonds. The monoisotopic (exact) mass is 362 g/mol. The summed E-state index contributed by atoms with van der Waals surface area (Å²) >= 11 is 0.